The molecule has 106 valence electrons. The van der Waals surface area contributed by atoms with Crippen LogP contribution in [-0.4, -0.2) is 21.8 Å². The second-order valence-electron chi connectivity index (χ2n) is 4.51. The molecule has 21 heavy (non-hydrogen) atoms. The molecule has 0 bridgehead atoms. The lowest BCUT2D eigenvalue weighted by Gasteiger charge is -2.12. The summed E-state index contributed by atoms with van der Waals surface area (Å²) in [6.07, 6.45) is 3.29. The Kier molecular flexibility index (Phi) is 3.31. The minimum atomic E-state index is -0.601. The van der Waals surface area contributed by atoms with E-state index in [0.29, 0.717) is 5.52 Å². The van der Waals surface area contributed by atoms with E-state index in [1.165, 1.54) is 6.20 Å². The summed E-state index contributed by atoms with van der Waals surface area (Å²) in [5.74, 6) is -0.601. The Morgan fingerprint density at radius 2 is 1.90 bits per heavy atom. The molecule has 0 saturated carbocycles. The maximum atomic E-state index is 12.4. The molecule has 0 aliphatic heterocycles. The minimum Gasteiger partial charge on any atom is -0.462 e. The fraction of sp³-hybridized carbons (Fsp3) is 0.125. The first-order valence-electron chi connectivity index (χ1n) is 6.68. The van der Waals surface area contributed by atoms with Crippen molar-refractivity contribution in [1.82, 2.24) is 9.20 Å². The highest BCUT2D eigenvalue weighted by Gasteiger charge is 2.16. The fourth-order valence-corrected chi connectivity index (χ4v) is 2.25. The van der Waals surface area contributed by atoms with Crippen molar-refractivity contribution >= 4 is 11.5 Å². The highest BCUT2D eigenvalue weighted by molar-refractivity contribution is 5.90. The van der Waals surface area contributed by atoms with Crippen molar-refractivity contribution in [1.29, 1.82) is 0 Å². The first kappa shape index (κ1) is 13.2. The smallest absolute Gasteiger partial charge is 0.343 e. The largest absolute Gasteiger partial charge is 0.462 e. The van der Waals surface area contributed by atoms with Gasteiger partial charge in [0, 0.05) is 12.4 Å². The summed E-state index contributed by atoms with van der Waals surface area (Å²) in [5, 5.41) is 0. The highest BCUT2D eigenvalue weighted by Crippen LogP contribution is 2.11. The second kappa shape index (κ2) is 5.28. The van der Waals surface area contributed by atoms with Crippen LogP contribution in [0, 0.1) is 0 Å². The molecule has 3 rings (SSSR count). The van der Waals surface area contributed by atoms with E-state index < -0.39 is 5.97 Å². The van der Waals surface area contributed by atoms with Crippen LogP contribution in [0.2, 0.25) is 0 Å². The van der Waals surface area contributed by atoms with Crippen molar-refractivity contribution in [3.8, 4) is 5.69 Å². The van der Waals surface area contributed by atoms with Crippen LogP contribution >= 0.6 is 0 Å². The number of nitrogens with zero attached hydrogens (tertiary/aromatic N) is 2. The van der Waals surface area contributed by atoms with Gasteiger partial charge in [0.05, 0.1) is 12.3 Å². The van der Waals surface area contributed by atoms with Gasteiger partial charge < -0.3 is 4.74 Å². The second-order valence-corrected chi connectivity index (χ2v) is 4.51. The molecule has 5 nitrogen and oxygen atoms in total. The SMILES string of the molecule is CCOC(=O)c1cn(-c2ccccc2)n2cccc2c1=O. The number of fused-ring (bicyclic) bond motifs is 1. The normalized spacial score (nSPS) is 10.7. The summed E-state index contributed by atoms with van der Waals surface area (Å²) in [5.41, 5.74) is 0.992. The standard InChI is InChI=1S/C16H14N2O3/c1-2-21-16(20)13-11-18(12-7-4-3-5-8-12)17-10-6-9-14(17)15(13)19/h3-11H,2H2,1H3. The van der Waals surface area contributed by atoms with E-state index in [2.05, 4.69) is 0 Å². The van der Waals surface area contributed by atoms with E-state index in [4.69, 9.17) is 4.74 Å². The molecule has 0 spiro atoms. The van der Waals surface area contributed by atoms with E-state index in [1.54, 1.807) is 34.5 Å². The lowest BCUT2D eigenvalue weighted by atomic mass is 10.2. The van der Waals surface area contributed by atoms with Gasteiger partial charge in [-0.25, -0.2) is 4.79 Å². The molecule has 5 heteroatoms. The third kappa shape index (κ3) is 2.23. The number of carbonyl (C=O) groups is 1. The van der Waals surface area contributed by atoms with Crippen molar-refractivity contribution in [2.24, 2.45) is 0 Å². The Labute approximate surface area is 121 Å². The van der Waals surface area contributed by atoms with Crippen LogP contribution in [0.3, 0.4) is 0 Å². The van der Waals surface area contributed by atoms with Crippen LogP contribution in [-0.2, 0) is 4.74 Å². The van der Waals surface area contributed by atoms with Gasteiger partial charge in [-0.2, -0.15) is 0 Å². The molecule has 0 fully saturated rings. The average Bonchev–Trinajstić information content (AvgIpc) is 2.99. The van der Waals surface area contributed by atoms with E-state index >= 15 is 0 Å². The van der Waals surface area contributed by atoms with Crippen LogP contribution in [0.15, 0.2) is 59.7 Å². The van der Waals surface area contributed by atoms with Gasteiger partial charge in [0.2, 0.25) is 5.43 Å². The highest BCUT2D eigenvalue weighted by atomic mass is 16.5. The molecule has 0 N–H and O–H groups in total. The lowest BCUT2D eigenvalue weighted by Crippen LogP contribution is -2.23. The number of ether oxygens (including phenoxy) is 1. The summed E-state index contributed by atoms with van der Waals surface area (Å²) in [6, 6.07) is 13.0. The van der Waals surface area contributed by atoms with Gasteiger partial charge in [-0.3, -0.25) is 14.0 Å². The zero-order chi connectivity index (χ0) is 14.8. The molecule has 2 heterocycles. The van der Waals surface area contributed by atoms with E-state index in [9.17, 15) is 9.59 Å². The minimum absolute atomic E-state index is 0.0342. The molecule has 0 radical (unpaired) electrons. The van der Waals surface area contributed by atoms with Gasteiger partial charge in [0.1, 0.15) is 11.1 Å². The van der Waals surface area contributed by atoms with E-state index in [-0.39, 0.29) is 17.6 Å². The molecular formula is C16H14N2O3. The Morgan fingerprint density at radius 1 is 1.14 bits per heavy atom. The first-order valence-corrected chi connectivity index (χ1v) is 6.68. The van der Waals surface area contributed by atoms with Gasteiger partial charge in [0.25, 0.3) is 0 Å². The number of aromatic nitrogens is 2. The topological polar surface area (TPSA) is 52.7 Å². The third-order valence-electron chi connectivity index (χ3n) is 3.21. The molecule has 1 aromatic carbocycles. The molecular weight excluding hydrogens is 268 g/mol. The predicted molar refractivity (Wildman–Crippen MR) is 79.0 cm³/mol. The lowest BCUT2D eigenvalue weighted by molar-refractivity contribution is 0.0524. The Morgan fingerprint density at radius 3 is 2.62 bits per heavy atom. The van der Waals surface area contributed by atoms with Gasteiger partial charge in [0.15, 0.2) is 0 Å². The molecule has 2 aromatic heterocycles. The number of hydrogen-bond acceptors (Lipinski definition) is 3. The molecule has 0 atom stereocenters. The quantitative estimate of drug-likeness (QED) is 0.692. The van der Waals surface area contributed by atoms with Crippen LogP contribution < -0.4 is 5.43 Å². The van der Waals surface area contributed by atoms with Crippen molar-refractivity contribution in [2.75, 3.05) is 6.61 Å². The van der Waals surface area contributed by atoms with Crippen LogP contribution in [0.5, 0.6) is 0 Å². The molecule has 3 aromatic rings. The number of esters is 1. The van der Waals surface area contributed by atoms with Crippen LogP contribution in [0.1, 0.15) is 17.3 Å². The predicted octanol–water partition coefficient (Wildman–Crippen LogP) is 2.27. The van der Waals surface area contributed by atoms with Crippen molar-refractivity contribution in [3.05, 3.63) is 70.6 Å². The Bertz CT molecular complexity index is 847. The van der Waals surface area contributed by atoms with Crippen LogP contribution in [0.4, 0.5) is 0 Å². The van der Waals surface area contributed by atoms with E-state index in [1.807, 2.05) is 30.3 Å². The van der Waals surface area contributed by atoms with Crippen LogP contribution in [0.25, 0.3) is 11.2 Å². The first-order chi connectivity index (χ1) is 10.2. The van der Waals surface area contributed by atoms with Gasteiger partial charge in [-0.15, -0.1) is 0 Å². The Hall–Kier alpha value is -2.82. The molecule has 0 amide bonds. The van der Waals surface area contributed by atoms with Gasteiger partial charge in [-0.1, -0.05) is 18.2 Å². The zero-order valence-corrected chi connectivity index (χ0v) is 11.5. The number of rotatable bonds is 3. The number of hydrogen-bond donors (Lipinski definition) is 0. The maximum absolute atomic E-state index is 12.4. The van der Waals surface area contributed by atoms with Crippen molar-refractivity contribution in [2.45, 2.75) is 6.92 Å². The summed E-state index contributed by atoms with van der Waals surface area (Å²) in [4.78, 5) is 24.3. The molecule has 0 aliphatic rings. The maximum Gasteiger partial charge on any atom is 0.343 e. The fourth-order valence-electron chi connectivity index (χ4n) is 2.25. The molecule has 0 aliphatic carbocycles. The summed E-state index contributed by atoms with van der Waals surface area (Å²) >= 11 is 0. The molecule has 0 saturated heterocycles. The number of para-hydroxylation sites is 1. The Balaban J connectivity index is 2.30. The van der Waals surface area contributed by atoms with Crippen molar-refractivity contribution in [3.63, 3.8) is 0 Å². The van der Waals surface area contributed by atoms with Gasteiger partial charge >= 0.3 is 5.97 Å². The summed E-state index contributed by atoms with van der Waals surface area (Å²) in [7, 11) is 0. The third-order valence-corrected chi connectivity index (χ3v) is 3.21. The number of carbonyl (C=O) groups excluding carboxylic acids is 1. The summed E-state index contributed by atoms with van der Waals surface area (Å²) < 4.78 is 8.43. The monoisotopic (exact) mass is 282 g/mol. The van der Waals surface area contributed by atoms with E-state index in [0.717, 1.165) is 5.69 Å². The average molecular weight is 282 g/mol. The zero-order valence-electron chi connectivity index (χ0n) is 11.5. The summed E-state index contributed by atoms with van der Waals surface area (Å²) in [6.45, 7) is 1.94. The van der Waals surface area contributed by atoms with Gasteiger partial charge in [-0.05, 0) is 31.2 Å². The number of benzene rings is 1. The van der Waals surface area contributed by atoms with Crippen molar-refractivity contribution < 1.29 is 9.53 Å². The molecule has 0 unspecified atom stereocenters.